The van der Waals surface area contributed by atoms with Gasteiger partial charge in [-0.1, -0.05) is 20.3 Å². The van der Waals surface area contributed by atoms with Gasteiger partial charge < -0.3 is 5.32 Å². The molecule has 5 heteroatoms. The number of piperazine rings is 1. The topological polar surface area (TPSA) is 46.0 Å². The molecule has 0 radical (unpaired) electrons. The number of hydrogen-bond donors (Lipinski definition) is 1. The van der Waals surface area contributed by atoms with Gasteiger partial charge in [0.05, 0.1) is 6.54 Å². The molecule has 5 nitrogen and oxygen atoms in total. The minimum Gasteiger partial charge on any atom is -0.311 e. The molecule has 1 N–H and O–H groups in total. The lowest BCUT2D eigenvalue weighted by molar-refractivity contribution is 0.0412. The normalized spacial score (nSPS) is 24.4. The Morgan fingerprint density at radius 1 is 1.38 bits per heavy atom. The summed E-state index contributed by atoms with van der Waals surface area (Å²) in [5.74, 6) is 1.77. The molecular weight excluding hydrogens is 262 g/mol. The van der Waals surface area contributed by atoms with Crippen molar-refractivity contribution in [1.82, 2.24) is 25.0 Å². The Balaban J connectivity index is 2.13. The molecule has 1 aromatic rings. The van der Waals surface area contributed by atoms with E-state index >= 15 is 0 Å². The molecule has 0 amide bonds. The van der Waals surface area contributed by atoms with Crippen LogP contribution in [0.3, 0.4) is 0 Å². The average Bonchev–Trinajstić information content (AvgIpc) is 2.88. The van der Waals surface area contributed by atoms with Gasteiger partial charge in [-0.15, -0.1) is 0 Å². The fraction of sp³-hybridized carbons (Fsp3) is 0.875. The van der Waals surface area contributed by atoms with Crippen LogP contribution in [0.4, 0.5) is 0 Å². The van der Waals surface area contributed by atoms with Crippen molar-refractivity contribution in [2.45, 2.75) is 72.1 Å². The predicted octanol–water partition coefficient (Wildman–Crippen LogP) is 2.46. The molecule has 1 aliphatic heterocycles. The van der Waals surface area contributed by atoms with Crippen LogP contribution >= 0.6 is 0 Å². The third-order valence-electron chi connectivity index (χ3n) is 4.87. The predicted molar refractivity (Wildman–Crippen MR) is 86.1 cm³/mol. The molecule has 2 atom stereocenters. The Hall–Kier alpha value is -0.940. The second kappa shape index (κ2) is 6.44. The first-order valence-electron chi connectivity index (χ1n) is 8.22. The van der Waals surface area contributed by atoms with E-state index < -0.39 is 0 Å². The highest BCUT2D eigenvalue weighted by molar-refractivity contribution is 4.97. The van der Waals surface area contributed by atoms with Crippen LogP contribution in [0.15, 0.2) is 6.33 Å². The Morgan fingerprint density at radius 2 is 2.10 bits per heavy atom. The van der Waals surface area contributed by atoms with E-state index in [-0.39, 0.29) is 5.54 Å². The summed E-state index contributed by atoms with van der Waals surface area (Å²) in [6.45, 7) is 16.5. The molecule has 21 heavy (non-hydrogen) atoms. The van der Waals surface area contributed by atoms with Crippen LogP contribution in [0.2, 0.25) is 0 Å². The molecule has 1 aliphatic rings. The van der Waals surface area contributed by atoms with E-state index in [1.807, 2.05) is 4.68 Å². The van der Waals surface area contributed by atoms with E-state index in [2.05, 4.69) is 61.8 Å². The van der Waals surface area contributed by atoms with E-state index in [1.165, 1.54) is 6.42 Å². The molecule has 120 valence electrons. The molecule has 1 saturated heterocycles. The fourth-order valence-electron chi connectivity index (χ4n) is 2.98. The molecule has 1 fully saturated rings. The maximum absolute atomic E-state index is 4.48. The van der Waals surface area contributed by atoms with Gasteiger partial charge in [0, 0.05) is 30.7 Å². The Labute approximate surface area is 129 Å². The summed E-state index contributed by atoms with van der Waals surface area (Å²) in [6.07, 6.45) is 2.89. The van der Waals surface area contributed by atoms with Gasteiger partial charge in [0.25, 0.3) is 0 Å². The van der Waals surface area contributed by atoms with Crippen molar-refractivity contribution in [1.29, 1.82) is 0 Å². The summed E-state index contributed by atoms with van der Waals surface area (Å²) < 4.78 is 2.04. The number of aromatic nitrogens is 3. The minimum atomic E-state index is 0.151. The lowest BCUT2D eigenvalue weighted by Crippen LogP contribution is -2.63. The highest BCUT2D eigenvalue weighted by atomic mass is 15.4. The summed E-state index contributed by atoms with van der Waals surface area (Å²) in [5, 5.41) is 8.09. The summed E-state index contributed by atoms with van der Waals surface area (Å²) in [7, 11) is 0. The first-order valence-corrected chi connectivity index (χ1v) is 8.22. The van der Waals surface area contributed by atoms with E-state index in [0.29, 0.717) is 18.0 Å². The summed E-state index contributed by atoms with van der Waals surface area (Å²) in [6, 6.07) is 0.928. The van der Waals surface area contributed by atoms with Crippen LogP contribution in [0, 0.1) is 5.92 Å². The Kier molecular flexibility index (Phi) is 5.04. The lowest BCUT2D eigenvalue weighted by atomic mass is 9.91. The van der Waals surface area contributed by atoms with Gasteiger partial charge in [0.1, 0.15) is 12.2 Å². The molecule has 0 saturated carbocycles. The van der Waals surface area contributed by atoms with E-state index in [4.69, 9.17) is 0 Å². The van der Waals surface area contributed by atoms with Crippen molar-refractivity contribution in [2.75, 3.05) is 13.1 Å². The van der Waals surface area contributed by atoms with Gasteiger partial charge in [-0.05, 0) is 33.6 Å². The number of nitrogens with one attached hydrogen (secondary N) is 1. The Morgan fingerprint density at radius 3 is 2.71 bits per heavy atom. The Bertz CT molecular complexity index is 451. The van der Waals surface area contributed by atoms with Crippen LogP contribution in [0.1, 0.15) is 59.8 Å². The summed E-state index contributed by atoms with van der Waals surface area (Å²) in [4.78, 5) is 7.04. The zero-order valence-electron chi connectivity index (χ0n) is 14.4. The van der Waals surface area contributed by atoms with Gasteiger partial charge in [0.2, 0.25) is 0 Å². The van der Waals surface area contributed by atoms with Crippen LogP contribution < -0.4 is 5.32 Å². The second-order valence-corrected chi connectivity index (χ2v) is 7.28. The standard InChI is InChI=1S/C16H31N5/c1-7-13(4)14-8-20(16(5,6)10-17-14)9-15-18-11-19-21(15)12(2)3/h11-14,17H,7-10H2,1-6H3. The maximum atomic E-state index is 4.48. The first kappa shape index (κ1) is 16.4. The van der Waals surface area contributed by atoms with Crippen molar-refractivity contribution >= 4 is 0 Å². The van der Waals surface area contributed by atoms with Crippen molar-refractivity contribution in [3.05, 3.63) is 12.2 Å². The van der Waals surface area contributed by atoms with Crippen molar-refractivity contribution in [2.24, 2.45) is 5.92 Å². The molecule has 1 aromatic heterocycles. The third-order valence-corrected chi connectivity index (χ3v) is 4.87. The molecule has 0 aliphatic carbocycles. The van der Waals surface area contributed by atoms with Gasteiger partial charge in [-0.2, -0.15) is 5.10 Å². The smallest absolute Gasteiger partial charge is 0.141 e. The summed E-state index contributed by atoms with van der Waals surface area (Å²) >= 11 is 0. The highest BCUT2D eigenvalue weighted by Gasteiger charge is 2.36. The van der Waals surface area contributed by atoms with E-state index in [9.17, 15) is 0 Å². The zero-order chi connectivity index (χ0) is 15.6. The first-order chi connectivity index (χ1) is 9.85. The van der Waals surface area contributed by atoms with Gasteiger partial charge >= 0.3 is 0 Å². The fourth-order valence-corrected chi connectivity index (χ4v) is 2.98. The highest BCUT2D eigenvalue weighted by Crippen LogP contribution is 2.24. The zero-order valence-corrected chi connectivity index (χ0v) is 14.4. The largest absolute Gasteiger partial charge is 0.311 e. The molecule has 0 aromatic carbocycles. The monoisotopic (exact) mass is 293 g/mol. The second-order valence-electron chi connectivity index (χ2n) is 7.28. The van der Waals surface area contributed by atoms with E-state index in [1.54, 1.807) is 6.33 Å². The van der Waals surface area contributed by atoms with Crippen molar-refractivity contribution in [3.8, 4) is 0 Å². The minimum absolute atomic E-state index is 0.151. The third kappa shape index (κ3) is 3.64. The molecule has 0 bridgehead atoms. The van der Waals surface area contributed by atoms with E-state index in [0.717, 1.165) is 25.5 Å². The average molecular weight is 293 g/mol. The van der Waals surface area contributed by atoms with Crippen LogP contribution in [0.25, 0.3) is 0 Å². The van der Waals surface area contributed by atoms with Crippen LogP contribution in [0.5, 0.6) is 0 Å². The molecule has 2 heterocycles. The van der Waals surface area contributed by atoms with Gasteiger partial charge in [0.15, 0.2) is 0 Å². The van der Waals surface area contributed by atoms with Gasteiger partial charge in [-0.3, -0.25) is 4.90 Å². The molecule has 2 unspecified atom stereocenters. The number of rotatable bonds is 5. The quantitative estimate of drug-likeness (QED) is 0.906. The molecule has 0 spiro atoms. The summed E-state index contributed by atoms with van der Waals surface area (Å²) in [5.41, 5.74) is 0.151. The lowest BCUT2D eigenvalue weighted by Gasteiger charge is -2.47. The number of hydrogen-bond acceptors (Lipinski definition) is 4. The number of nitrogens with zero attached hydrogens (tertiary/aromatic N) is 4. The van der Waals surface area contributed by atoms with Crippen molar-refractivity contribution < 1.29 is 0 Å². The molecule has 2 rings (SSSR count). The molecular formula is C16H31N5. The maximum Gasteiger partial charge on any atom is 0.141 e. The van der Waals surface area contributed by atoms with Crippen LogP contribution in [-0.2, 0) is 6.54 Å². The van der Waals surface area contributed by atoms with Crippen LogP contribution in [-0.4, -0.2) is 44.3 Å². The van der Waals surface area contributed by atoms with Gasteiger partial charge in [-0.25, -0.2) is 9.67 Å². The van der Waals surface area contributed by atoms with Crippen molar-refractivity contribution in [3.63, 3.8) is 0 Å². The SMILES string of the molecule is CCC(C)C1CN(Cc2ncnn2C(C)C)C(C)(C)CN1.